The summed E-state index contributed by atoms with van der Waals surface area (Å²) in [6.45, 7) is 2.47. The van der Waals surface area contributed by atoms with Crippen molar-refractivity contribution in [2.75, 3.05) is 11.3 Å². The quantitative estimate of drug-likeness (QED) is 0.778. The lowest BCUT2D eigenvalue weighted by molar-refractivity contribution is 0.340. The normalized spacial score (nSPS) is 11.1. The molecular formula is C14H14INO3S. The summed E-state index contributed by atoms with van der Waals surface area (Å²) in [5.74, 6) is 0.713. The Balaban J connectivity index is 2.17. The maximum Gasteiger partial charge on any atom is 0.261 e. The third-order valence-electron chi connectivity index (χ3n) is 2.54. The van der Waals surface area contributed by atoms with E-state index in [9.17, 15) is 8.42 Å². The van der Waals surface area contributed by atoms with Crippen molar-refractivity contribution in [2.45, 2.75) is 11.8 Å². The van der Waals surface area contributed by atoms with Gasteiger partial charge in [0.15, 0.2) is 0 Å². The van der Waals surface area contributed by atoms with Crippen LogP contribution in [0.15, 0.2) is 53.4 Å². The average Bonchev–Trinajstić information content (AvgIpc) is 2.41. The fraction of sp³-hybridized carbons (Fsp3) is 0.143. The van der Waals surface area contributed by atoms with Gasteiger partial charge in [-0.05, 0) is 78.0 Å². The van der Waals surface area contributed by atoms with Gasteiger partial charge in [0.2, 0.25) is 0 Å². The first-order chi connectivity index (χ1) is 9.51. The minimum Gasteiger partial charge on any atom is -0.494 e. The van der Waals surface area contributed by atoms with Crippen LogP contribution in [0.25, 0.3) is 0 Å². The Hall–Kier alpha value is -1.28. The summed E-state index contributed by atoms with van der Waals surface area (Å²) in [5, 5.41) is 0. The lowest BCUT2D eigenvalue weighted by Crippen LogP contribution is -2.12. The summed E-state index contributed by atoms with van der Waals surface area (Å²) in [6.07, 6.45) is 0. The topological polar surface area (TPSA) is 55.4 Å². The molecule has 0 radical (unpaired) electrons. The zero-order chi connectivity index (χ0) is 14.6. The predicted molar refractivity (Wildman–Crippen MR) is 87.6 cm³/mol. The summed E-state index contributed by atoms with van der Waals surface area (Å²) in [5.41, 5.74) is 0.506. The van der Waals surface area contributed by atoms with Crippen molar-refractivity contribution >= 4 is 38.3 Å². The SMILES string of the molecule is CCOc1ccc(NS(=O)(=O)c2ccc(I)cc2)cc1. The molecule has 0 aliphatic carbocycles. The van der Waals surface area contributed by atoms with Crippen LogP contribution in [0.1, 0.15) is 6.92 Å². The molecule has 0 spiro atoms. The number of hydrogen-bond donors (Lipinski definition) is 1. The molecule has 0 saturated heterocycles. The van der Waals surface area contributed by atoms with Gasteiger partial charge in [0, 0.05) is 9.26 Å². The molecule has 0 atom stereocenters. The summed E-state index contributed by atoms with van der Waals surface area (Å²) >= 11 is 2.13. The monoisotopic (exact) mass is 403 g/mol. The number of sulfonamides is 1. The molecule has 0 heterocycles. The minimum absolute atomic E-state index is 0.242. The summed E-state index contributed by atoms with van der Waals surface area (Å²) < 4.78 is 33.2. The van der Waals surface area contributed by atoms with Gasteiger partial charge in [-0.25, -0.2) is 8.42 Å². The van der Waals surface area contributed by atoms with Gasteiger partial charge in [0.25, 0.3) is 10.0 Å². The van der Waals surface area contributed by atoms with Crippen LogP contribution in [0.5, 0.6) is 5.75 Å². The summed E-state index contributed by atoms with van der Waals surface area (Å²) in [4.78, 5) is 0.242. The van der Waals surface area contributed by atoms with E-state index in [1.165, 1.54) is 0 Å². The van der Waals surface area contributed by atoms with Crippen molar-refractivity contribution < 1.29 is 13.2 Å². The van der Waals surface area contributed by atoms with Crippen LogP contribution in [0, 0.1) is 3.57 Å². The van der Waals surface area contributed by atoms with Crippen molar-refractivity contribution in [1.29, 1.82) is 0 Å². The number of nitrogens with one attached hydrogen (secondary N) is 1. The second-order valence-electron chi connectivity index (χ2n) is 4.02. The van der Waals surface area contributed by atoms with Crippen LogP contribution < -0.4 is 9.46 Å². The van der Waals surface area contributed by atoms with Crippen molar-refractivity contribution in [1.82, 2.24) is 0 Å². The van der Waals surface area contributed by atoms with E-state index in [0.29, 0.717) is 18.0 Å². The predicted octanol–water partition coefficient (Wildman–Crippen LogP) is 3.49. The Labute approximate surface area is 132 Å². The Morgan fingerprint density at radius 3 is 2.20 bits per heavy atom. The van der Waals surface area contributed by atoms with Gasteiger partial charge < -0.3 is 4.74 Å². The number of rotatable bonds is 5. The van der Waals surface area contributed by atoms with E-state index in [1.54, 1.807) is 48.5 Å². The Morgan fingerprint density at radius 2 is 1.65 bits per heavy atom. The molecule has 1 N–H and O–H groups in total. The Bertz CT molecular complexity index is 667. The zero-order valence-electron chi connectivity index (χ0n) is 10.8. The van der Waals surface area contributed by atoms with E-state index < -0.39 is 10.0 Å². The molecule has 0 saturated carbocycles. The molecule has 4 nitrogen and oxygen atoms in total. The number of anilines is 1. The highest BCUT2D eigenvalue weighted by molar-refractivity contribution is 14.1. The highest BCUT2D eigenvalue weighted by atomic mass is 127. The van der Waals surface area contributed by atoms with Gasteiger partial charge in [-0.3, -0.25) is 4.72 Å². The van der Waals surface area contributed by atoms with Gasteiger partial charge in [-0.15, -0.1) is 0 Å². The van der Waals surface area contributed by atoms with Gasteiger partial charge >= 0.3 is 0 Å². The number of benzene rings is 2. The van der Waals surface area contributed by atoms with Crippen LogP contribution in [0.4, 0.5) is 5.69 Å². The van der Waals surface area contributed by atoms with E-state index >= 15 is 0 Å². The van der Waals surface area contributed by atoms with Crippen LogP contribution in [0.2, 0.25) is 0 Å². The van der Waals surface area contributed by atoms with Crippen LogP contribution >= 0.6 is 22.6 Å². The highest BCUT2D eigenvalue weighted by Gasteiger charge is 2.13. The van der Waals surface area contributed by atoms with Crippen molar-refractivity contribution in [3.63, 3.8) is 0 Å². The first-order valence-electron chi connectivity index (χ1n) is 6.02. The first kappa shape index (κ1) is 15.1. The van der Waals surface area contributed by atoms with Gasteiger partial charge in [-0.2, -0.15) is 0 Å². The van der Waals surface area contributed by atoms with Crippen LogP contribution in [0.3, 0.4) is 0 Å². The minimum atomic E-state index is -3.55. The van der Waals surface area contributed by atoms with E-state index in [1.807, 2.05) is 6.92 Å². The molecule has 0 bridgehead atoms. The number of hydrogen-bond acceptors (Lipinski definition) is 3. The molecule has 2 rings (SSSR count). The second kappa shape index (κ2) is 6.45. The van der Waals surface area contributed by atoms with E-state index in [-0.39, 0.29) is 4.90 Å². The largest absolute Gasteiger partial charge is 0.494 e. The van der Waals surface area contributed by atoms with E-state index in [2.05, 4.69) is 27.3 Å². The zero-order valence-corrected chi connectivity index (χ0v) is 13.8. The van der Waals surface area contributed by atoms with Crippen LogP contribution in [-0.2, 0) is 10.0 Å². The van der Waals surface area contributed by atoms with Gasteiger partial charge in [-0.1, -0.05) is 0 Å². The molecule has 0 aliphatic rings. The lowest BCUT2D eigenvalue weighted by atomic mass is 10.3. The van der Waals surface area contributed by atoms with Crippen LogP contribution in [-0.4, -0.2) is 15.0 Å². The lowest BCUT2D eigenvalue weighted by Gasteiger charge is -2.09. The van der Waals surface area contributed by atoms with Gasteiger partial charge in [0.1, 0.15) is 5.75 Å². The first-order valence-corrected chi connectivity index (χ1v) is 8.59. The molecular weight excluding hydrogens is 389 g/mol. The van der Waals surface area contributed by atoms with Crippen molar-refractivity contribution in [2.24, 2.45) is 0 Å². The molecule has 0 fully saturated rings. The van der Waals surface area contributed by atoms with E-state index in [4.69, 9.17) is 4.74 Å². The molecule has 0 unspecified atom stereocenters. The Morgan fingerprint density at radius 1 is 1.05 bits per heavy atom. The third kappa shape index (κ3) is 3.86. The standard InChI is InChI=1S/C14H14INO3S/c1-2-19-13-7-5-12(6-8-13)16-20(17,18)14-9-3-11(15)4-10-14/h3-10,16H,2H2,1H3. The third-order valence-corrected chi connectivity index (χ3v) is 4.66. The van der Waals surface area contributed by atoms with Crippen molar-refractivity contribution in [3.8, 4) is 5.75 Å². The van der Waals surface area contributed by atoms with Gasteiger partial charge in [0.05, 0.1) is 11.5 Å². The fourth-order valence-corrected chi connectivity index (χ4v) is 3.03. The molecule has 0 aliphatic heterocycles. The fourth-order valence-electron chi connectivity index (χ4n) is 1.61. The average molecular weight is 403 g/mol. The number of ether oxygens (including phenoxy) is 1. The Kier molecular flexibility index (Phi) is 4.87. The number of halogens is 1. The summed E-state index contributed by atoms with van der Waals surface area (Å²) in [6, 6.07) is 13.5. The van der Waals surface area contributed by atoms with Crippen molar-refractivity contribution in [3.05, 3.63) is 52.1 Å². The highest BCUT2D eigenvalue weighted by Crippen LogP contribution is 2.20. The maximum absolute atomic E-state index is 12.2. The molecule has 2 aromatic carbocycles. The second-order valence-corrected chi connectivity index (χ2v) is 6.94. The maximum atomic E-state index is 12.2. The summed E-state index contributed by atoms with van der Waals surface area (Å²) in [7, 11) is -3.55. The van der Waals surface area contributed by atoms with E-state index in [0.717, 1.165) is 3.57 Å². The molecule has 2 aromatic rings. The molecule has 0 amide bonds. The molecule has 106 valence electrons. The molecule has 20 heavy (non-hydrogen) atoms. The molecule has 0 aromatic heterocycles. The smallest absolute Gasteiger partial charge is 0.261 e. The molecule has 6 heteroatoms.